The first-order valence-corrected chi connectivity index (χ1v) is 7.25. The summed E-state index contributed by atoms with van der Waals surface area (Å²) in [5.74, 6) is 0. The second-order valence-electron chi connectivity index (χ2n) is 3.35. The third-order valence-electron chi connectivity index (χ3n) is 2.17. The van der Waals surface area contributed by atoms with Gasteiger partial charge >= 0.3 is 0 Å². The fourth-order valence-electron chi connectivity index (χ4n) is 1.10. The predicted molar refractivity (Wildman–Crippen MR) is 64.2 cm³/mol. The van der Waals surface area contributed by atoms with Crippen molar-refractivity contribution < 1.29 is 4.21 Å². The van der Waals surface area contributed by atoms with Gasteiger partial charge in [-0.25, -0.2) is 0 Å². The van der Waals surface area contributed by atoms with E-state index in [9.17, 15) is 4.21 Å². The average molecular weight is 231 g/mol. The number of hydrogen-bond acceptors (Lipinski definition) is 3. The van der Waals surface area contributed by atoms with E-state index >= 15 is 0 Å². The van der Waals surface area contributed by atoms with Gasteiger partial charge in [0.05, 0.1) is 0 Å². The molecule has 0 aromatic carbocycles. The Balaban J connectivity index is 2.08. The molecule has 0 radical (unpaired) electrons. The molecular weight excluding hydrogens is 214 g/mol. The van der Waals surface area contributed by atoms with Crippen LogP contribution in [0.2, 0.25) is 0 Å². The normalized spacial score (nSPS) is 15.3. The van der Waals surface area contributed by atoms with Crippen molar-refractivity contribution in [2.75, 3.05) is 12.8 Å². The van der Waals surface area contributed by atoms with E-state index in [0.717, 1.165) is 19.5 Å². The number of hydrogen-bond donors (Lipinski definition) is 1. The van der Waals surface area contributed by atoms with Gasteiger partial charge in [-0.15, -0.1) is 11.3 Å². The summed E-state index contributed by atoms with van der Waals surface area (Å²) in [5.41, 5.74) is 0. The molecule has 4 heteroatoms. The van der Waals surface area contributed by atoms with Crippen LogP contribution < -0.4 is 5.32 Å². The highest BCUT2D eigenvalue weighted by Gasteiger charge is 2.04. The number of nitrogens with one attached hydrogen (secondary N) is 1. The van der Waals surface area contributed by atoms with Gasteiger partial charge in [0.15, 0.2) is 0 Å². The van der Waals surface area contributed by atoms with Crippen molar-refractivity contribution >= 4 is 22.1 Å². The van der Waals surface area contributed by atoms with Gasteiger partial charge in [0, 0.05) is 33.7 Å². The molecule has 0 spiro atoms. The lowest BCUT2D eigenvalue weighted by atomic mass is 10.3. The zero-order valence-corrected chi connectivity index (χ0v) is 10.3. The van der Waals surface area contributed by atoms with E-state index < -0.39 is 10.8 Å². The maximum atomic E-state index is 11.1. The predicted octanol–water partition coefficient (Wildman–Crippen LogP) is 1.99. The minimum absolute atomic E-state index is 0.297. The monoisotopic (exact) mass is 231 g/mol. The molecule has 1 aromatic heterocycles. The molecule has 0 aliphatic heterocycles. The van der Waals surface area contributed by atoms with Crippen LogP contribution >= 0.6 is 11.3 Å². The Morgan fingerprint density at radius 2 is 2.43 bits per heavy atom. The van der Waals surface area contributed by atoms with E-state index in [1.54, 1.807) is 17.6 Å². The summed E-state index contributed by atoms with van der Waals surface area (Å²) < 4.78 is 11.1. The summed E-state index contributed by atoms with van der Waals surface area (Å²) in [6, 6.07) is 4.18. The highest BCUT2D eigenvalue weighted by molar-refractivity contribution is 7.84. The Morgan fingerprint density at radius 3 is 3.00 bits per heavy atom. The molecule has 0 amide bonds. The van der Waals surface area contributed by atoms with E-state index in [0.29, 0.717) is 5.25 Å². The van der Waals surface area contributed by atoms with E-state index in [-0.39, 0.29) is 0 Å². The molecule has 2 atom stereocenters. The molecule has 0 saturated carbocycles. The van der Waals surface area contributed by atoms with Gasteiger partial charge in [-0.1, -0.05) is 13.0 Å². The SMILES string of the molecule is CC(CCNCc1cccs1)S(C)=O. The van der Waals surface area contributed by atoms with Crippen molar-refractivity contribution in [2.24, 2.45) is 0 Å². The fraction of sp³-hybridized carbons (Fsp3) is 0.600. The molecule has 1 N–H and O–H groups in total. The Bertz CT molecular complexity index is 272. The highest BCUT2D eigenvalue weighted by Crippen LogP contribution is 2.07. The van der Waals surface area contributed by atoms with Crippen LogP contribution in [0.1, 0.15) is 18.2 Å². The Morgan fingerprint density at radius 1 is 1.64 bits per heavy atom. The van der Waals surface area contributed by atoms with Crippen LogP contribution in [-0.4, -0.2) is 22.3 Å². The lowest BCUT2D eigenvalue weighted by Gasteiger charge is -2.08. The topological polar surface area (TPSA) is 29.1 Å². The standard InChI is InChI=1S/C10H17NOS2/c1-9(14(2)12)5-6-11-8-10-4-3-7-13-10/h3-4,7,9,11H,5-6,8H2,1-2H3. The summed E-state index contributed by atoms with van der Waals surface area (Å²) >= 11 is 1.77. The number of thiophene rings is 1. The first-order chi connectivity index (χ1) is 6.70. The van der Waals surface area contributed by atoms with Crippen molar-refractivity contribution in [1.82, 2.24) is 5.32 Å². The molecule has 2 nitrogen and oxygen atoms in total. The Kier molecular flexibility index (Phi) is 5.37. The van der Waals surface area contributed by atoms with Crippen LogP contribution in [-0.2, 0) is 17.3 Å². The molecule has 1 rings (SSSR count). The van der Waals surface area contributed by atoms with E-state index in [1.807, 2.05) is 6.92 Å². The molecule has 0 saturated heterocycles. The first kappa shape index (κ1) is 11.9. The molecule has 0 aliphatic carbocycles. The van der Waals surface area contributed by atoms with Crippen LogP contribution in [0.25, 0.3) is 0 Å². The zero-order chi connectivity index (χ0) is 10.4. The molecule has 1 aromatic rings. The second-order valence-corrected chi connectivity index (χ2v) is 6.19. The Labute approximate surface area is 92.2 Å². The quantitative estimate of drug-likeness (QED) is 0.759. The molecule has 0 aliphatic rings. The van der Waals surface area contributed by atoms with Gasteiger partial charge in [-0.2, -0.15) is 0 Å². The summed E-state index contributed by atoms with van der Waals surface area (Å²) in [7, 11) is -0.688. The van der Waals surface area contributed by atoms with Crippen LogP contribution in [0.5, 0.6) is 0 Å². The molecule has 2 unspecified atom stereocenters. The maximum Gasteiger partial charge on any atom is 0.0329 e. The minimum Gasteiger partial charge on any atom is -0.312 e. The van der Waals surface area contributed by atoms with Gasteiger partial charge in [-0.3, -0.25) is 4.21 Å². The molecule has 14 heavy (non-hydrogen) atoms. The fourth-order valence-corrected chi connectivity index (χ4v) is 2.22. The summed E-state index contributed by atoms with van der Waals surface area (Å²) in [6.07, 6.45) is 2.75. The van der Waals surface area contributed by atoms with Gasteiger partial charge in [0.2, 0.25) is 0 Å². The van der Waals surface area contributed by atoms with Crippen LogP contribution in [0.4, 0.5) is 0 Å². The van der Waals surface area contributed by atoms with Crippen molar-refractivity contribution in [3.8, 4) is 0 Å². The second kappa shape index (κ2) is 6.32. The lowest BCUT2D eigenvalue weighted by Crippen LogP contribution is -2.20. The lowest BCUT2D eigenvalue weighted by molar-refractivity contribution is 0.632. The first-order valence-electron chi connectivity index (χ1n) is 4.75. The van der Waals surface area contributed by atoms with Crippen molar-refractivity contribution in [2.45, 2.75) is 25.1 Å². The van der Waals surface area contributed by atoms with Crippen molar-refractivity contribution in [1.29, 1.82) is 0 Å². The average Bonchev–Trinajstić information content (AvgIpc) is 2.64. The molecule has 0 fully saturated rings. The third kappa shape index (κ3) is 4.35. The maximum absolute atomic E-state index is 11.1. The van der Waals surface area contributed by atoms with Gasteiger partial charge in [0.1, 0.15) is 0 Å². The molecule has 0 bridgehead atoms. The smallest absolute Gasteiger partial charge is 0.0329 e. The van der Waals surface area contributed by atoms with Crippen LogP contribution in [0, 0.1) is 0 Å². The molecular formula is C10H17NOS2. The summed E-state index contributed by atoms with van der Waals surface area (Å²) in [4.78, 5) is 1.36. The van der Waals surface area contributed by atoms with E-state index in [1.165, 1.54) is 4.88 Å². The largest absolute Gasteiger partial charge is 0.312 e. The summed E-state index contributed by atoms with van der Waals surface area (Å²) in [5, 5.41) is 5.73. The van der Waals surface area contributed by atoms with Gasteiger partial charge < -0.3 is 5.32 Å². The van der Waals surface area contributed by atoms with Crippen LogP contribution in [0.3, 0.4) is 0 Å². The van der Waals surface area contributed by atoms with E-state index in [4.69, 9.17) is 0 Å². The van der Waals surface area contributed by atoms with Crippen molar-refractivity contribution in [3.63, 3.8) is 0 Å². The Hall–Kier alpha value is -0.190. The highest BCUT2D eigenvalue weighted by atomic mass is 32.2. The third-order valence-corrected chi connectivity index (χ3v) is 4.42. The number of rotatable bonds is 6. The molecule has 80 valence electrons. The van der Waals surface area contributed by atoms with Gasteiger partial charge in [-0.05, 0) is 24.4 Å². The van der Waals surface area contributed by atoms with Crippen LogP contribution in [0.15, 0.2) is 17.5 Å². The minimum atomic E-state index is -0.688. The van der Waals surface area contributed by atoms with Gasteiger partial charge in [0.25, 0.3) is 0 Å². The van der Waals surface area contributed by atoms with Crippen molar-refractivity contribution in [3.05, 3.63) is 22.4 Å². The molecule has 1 heterocycles. The zero-order valence-electron chi connectivity index (χ0n) is 8.66. The summed E-state index contributed by atoms with van der Waals surface area (Å²) in [6.45, 7) is 3.91. The van der Waals surface area contributed by atoms with E-state index in [2.05, 4.69) is 22.8 Å².